The largest absolute Gasteiger partial charge is 0.303 e. The standard InChI is InChI=1S/C18H30N2O2/c21-16-14-18(8-2-3-9-18)15-17(22)20(16)13-7-6-12-19-10-4-1-5-11-19/h1-15H2. The summed E-state index contributed by atoms with van der Waals surface area (Å²) in [6.45, 7) is 4.22. The highest BCUT2D eigenvalue weighted by molar-refractivity contribution is 5.98. The first kappa shape index (κ1) is 16.0. The highest BCUT2D eigenvalue weighted by Gasteiger charge is 2.44. The number of carbonyl (C=O) groups excluding carboxylic acids is 2. The minimum atomic E-state index is 0.0401. The van der Waals surface area contributed by atoms with Gasteiger partial charge in [-0.1, -0.05) is 19.3 Å². The van der Waals surface area contributed by atoms with Gasteiger partial charge in [0.2, 0.25) is 11.8 Å². The van der Waals surface area contributed by atoms with Crippen LogP contribution in [0, 0.1) is 5.41 Å². The normalized spacial score (nSPS) is 26.1. The van der Waals surface area contributed by atoms with Crippen LogP contribution in [0.3, 0.4) is 0 Å². The summed E-state index contributed by atoms with van der Waals surface area (Å²) < 4.78 is 0. The van der Waals surface area contributed by atoms with Crippen LogP contribution in [0.25, 0.3) is 0 Å². The van der Waals surface area contributed by atoms with Crippen LogP contribution in [0.5, 0.6) is 0 Å². The molecule has 3 rings (SSSR count). The highest BCUT2D eigenvalue weighted by Crippen LogP contribution is 2.46. The molecule has 0 aromatic rings. The van der Waals surface area contributed by atoms with Crippen LogP contribution in [-0.4, -0.2) is 47.8 Å². The van der Waals surface area contributed by atoms with Crippen molar-refractivity contribution >= 4 is 11.8 Å². The summed E-state index contributed by atoms with van der Waals surface area (Å²) in [5.74, 6) is 0.187. The number of piperidine rings is 2. The van der Waals surface area contributed by atoms with Crippen LogP contribution in [0.4, 0.5) is 0 Å². The zero-order chi connectivity index (χ0) is 15.4. The fourth-order valence-corrected chi connectivity index (χ4v) is 4.55. The summed E-state index contributed by atoms with van der Waals surface area (Å²) in [7, 11) is 0. The molecular weight excluding hydrogens is 276 g/mol. The second kappa shape index (κ2) is 7.12. The molecule has 124 valence electrons. The van der Waals surface area contributed by atoms with Gasteiger partial charge in [0.1, 0.15) is 0 Å². The first-order valence-electron chi connectivity index (χ1n) is 9.24. The van der Waals surface area contributed by atoms with Crippen LogP contribution >= 0.6 is 0 Å². The van der Waals surface area contributed by atoms with Gasteiger partial charge < -0.3 is 4.90 Å². The van der Waals surface area contributed by atoms with Crippen molar-refractivity contribution in [3.63, 3.8) is 0 Å². The molecule has 1 saturated carbocycles. The van der Waals surface area contributed by atoms with Gasteiger partial charge in [0.15, 0.2) is 0 Å². The number of hydrogen-bond acceptors (Lipinski definition) is 3. The first-order valence-corrected chi connectivity index (χ1v) is 9.24. The SMILES string of the molecule is O=C1CC2(CCCC2)CC(=O)N1CCCCN1CCCCC1. The molecule has 22 heavy (non-hydrogen) atoms. The number of unbranched alkanes of at least 4 members (excludes halogenated alkanes) is 1. The summed E-state index contributed by atoms with van der Waals surface area (Å²) >= 11 is 0. The van der Waals surface area contributed by atoms with Crippen LogP contribution < -0.4 is 0 Å². The Kier molecular flexibility index (Phi) is 5.17. The van der Waals surface area contributed by atoms with E-state index in [1.165, 1.54) is 45.2 Å². The predicted octanol–water partition coefficient (Wildman–Crippen LogP) is 2.96. The van der Waals surface area contributed by atoms with E-state index in [1.807, 2.05) is 0 Å². The van der Waals surface area contributed by atoms with Gasteiger partial charge in [-0.3, -0.25) is 14.5 Å². The van der Waals surface area contributed by atoms with Gasteiger partial charge in [-0.15, -0.1) is 0 Å². The fraction of sp³-hybridized carbons (Fsp3) is 0.889. The summed E-state index contributed by atoms with van der Waals surface area (Å²) in [5.41, 5.74) is 0.0401. The quantitative estimate of drug-likeness (QED) is 0.579. The number of carbonyl (C=O) groups is 2. The molecule has 3 fully saturated rings. The van der Waals surface area contributed by atoms with Crippen molar-refractivity contribution in [3.05, 3.63) is 0 Å². The number of nitrogens with zero attached hydrogens (tertiary/aromatic N) is 2. The molecule has 0 radical (unpaired) electrons. The van der Waals surface area contributed by atoms with E-state index in [9.17, 15) is 9.59 Å². The molecule has 2 saturated heterocycles. The lowest BCUT2D eigenvalue weighted by molar-refractivity contribution is -0.153. The number of imide groups is 1. The first-order chi connectivity index (χ1) is 10.7. The number of rotatable bonds is 5. The van der Waals surface area contributed by atoms with Gasteiger partial charge in [-0.25, -0.2) is 0 Å². The Labute approximate surface area is 134 Å². The number of amides is 2. The zero-order valence-electron chi connectivity index (χ0n) is 13.8. The number of hydrogen-bond donors (Lipinski definition) is 0. The lowest BCUT2D eigenvalue weighted by Crippen LogP contribution is -2.47. The molecule has 3 aliphatic rings. The Balaban J connectivity index is 1.40. The summed E-state index contributed by atoms with van der Waals surface area (Å²) in [5, 5.41) is 0. The van der Waals surface area contributed by atoms with Crippen molar-refractivity contribution in [2.45, 2.75) is 70.6 Å². The van der Waals surface area contributed by atoms with Crippen molar-refractivity contribution < 1.29 is 9.59 Å². The topological polar surface area (TPSA) is 40.6 Å². The molecule has 0 atom stereocenters. The molecule has 4 nitrogen and oxygen atoms in total. The maximum atomic E-state index is 12.4. The van der Waals surface area contributed by atoms with Gasteiger partial charge >= 0.3 is 0 Å². The summed E-state index contributed by atoms with van der Waals surface area (Å²) in [6.07, 6.45) is 11.8. The van der Waals surface area contributed by atoms with Crippen LogP contribution in [0.15, 0.2) is 0 Å². The monoisotopic (exact) mass is 306 g/mol. The van der Waals surface area contributed by atoms with E-state index in [0.717, 1.165) is 32.2 Å². The molecule has 2 amide bonds. The number of likely N-dealkylation sites (tertiary alicyclic amines) is 2. The lowest BCUT2D eigenvalue weighted by Gasteiger charge is -2.37. The average molecular weight is 306 g/mol. The maximum Gasteiger partial charge on any atom is 0.229 e. The molecule has 0 bridgehead atoms. The van der Waals surface area contributed by atoms with Gasteiger partial charge in [-0.05, 0) is 63.6 Å². The third-order valence-corrected chi connectivity index (χ3v) is 5.87. The van der Waals surface area contributed by atoms with E-state index >= 15 is 0 Å². The molecule has 0 aromatic heterocycles. The van der Waals surface area contributed by atoms with Gasteiger partial charge in [0.25, 0.3) is 0 Å². The lowest BCUT2D eigenvalue weighted by atomic mass is 9.76. The maximum absolute atomic E-state index is 12.4. The van der Waals surface area contributed by atoms with E-state index in [1.54, 1.807) is 4.90 Å². The van der Waals surface area contributed by atoms with Crippen molar-refractivity contribution in [3.8, 4) is 0 Å². The third kappa shape index (κ3) is 3.70. The molecule has 1 spiro atoms. The second-order valence-corrected chi connectivity index (χ2v) is 7.61. The molecule has 0 aromatic carbocycles. The molecule has 2 aliphatic heterocycles. The zero-order valence-corrected chi connectivity index (χ0v) is 13.8. The third-order valence-electron chi connectivity index (χ3n) is 5.87. The van der Waals surface area contributed by atoms with Gasteiger partial charge in [-0.2, -0.15) is 0 Å². The van der Waals surface area contributed by atoms with Crippen LogP contribution in [0.1, 0.15) is 70.6 Å². The Bertz CT molecular complexity index is 389. The molecule has 0 N–H and O–H groups in total. The van der Waals surface area contributed by atoms with Gasteiger partial charge in [0, 0.05) is 19.4 Å². The summed E-state index contributed by atoms with van der Waals surface area (Å²) in [4.78, 5) is 28.8. The molecule has 0 unspecified atom stereocenters. The Morgan fingerprint density at radius 2 is 1.36 bits per heavy atom. The van der Waals surface area contributed by atoms with E-state index in [-0.39, 0.29) is 17.2 Å². The van der Waals surface area contributed by atoms with E-state index < -0.39 is 0 Å². The van der Waals surface area contributed by atoms with Crippen molar-refractivity contribution in [2.75, 3.05) is 26.2 Å². The fourth-order valence-electron chi connectivity index (χ4n) is 4.55. The Morgan fingerprint density at radius 1 is 0.773 bits per heavy atom. The summed E-state index contributed by atoms with van der Waals surface area (Å²) in [6, 6.07) is 0. The van der Waals surface area contributed by atoms with Crippen molar-refractivity contribution in [1.82, 2.24) is 9.80 Å². The highest BCUT2D eigenvalue weighted by atomic mass is 16.2. The smallest absolute Gasteiger partial charge is 0.229 e. The Morgan fingerprint density at radius 3 is 2.00 bits per heavy atom. The molecule has 2 heterocycles. The van der Waals surface area contributed by atoms with Crippen LogP contribution in [0.2, 0.25) is 0 Å². The second-order valence-electron chi connectivity index (χ2n) is 7.61. The minimum Gasteiger partial charge on any atom is -0.303 e. The van der Waals surface area contributed by atoms with E-state index in [0.29, 0.717) is 19.4 Å². The van der Waals surface area contributed by atoms with Gasteiger partial charge in [0.05, 0.1) is 0 Å². The Hall–Kier alpha value is -0.900. The molecule has 4 heteroatoms. The molecule has 1 aliphatic carbocycles. The minimum absolute atomic E-state index is 0.0401. The molecular formula is C18H30N2O2. The van der Waals surface area contributed by atoms with E-state index in [4.69, 9.17) is 0 Å². The predicted molar refractivity (Wildman–Crippen MR) is 86.4 cm³/mol. The van der Waals surface area contributed by atoms with Crippen molar-refractivity contribution in [1.29, 1.82) is 0 Å². The van der Waals surface area contributed by atoms with Crippen molar-refractivity contribution in [2.24, 2.45) is 5.41 Å². The van der Waals surface area contributed by atoms with E-state index in [2.05, 4.69) is 4.90 Å². The van der Waals surface area contributed by atoms with Crippen LogP contribution in [-0.2, 0) is 9.59 Å². The average Bonchev–Trinajstić information content (AvgIpc) is 2.94.